The third-order valence-corrected chi connectivity index (χ3v) is 3.50. The van der Waals surface area contributed by atoms with Gasteiger partial charge in [-0.2, -0.15) is 10.3 Å². The summed E-state index contributed by atoms with van der Waals surface area (Å²) in [5.74, 6) is 0.421. The monoisotopic (exact) mass is 243 g/mol. The summed E-state index contributed by atoms with van der Waals surface area (Å²) in [6.07, 6.45) is 3.59. The Bertz CT molecular complexity index is 628. The molecule has 0 aliphatic carbocycles. The van der Waals surface area contributed by atoms with E-state index in [1.165, 1.54) is 0 Å². The minimum atomic E-state index is 0.421. The molecule has 0 saturated carbocycles. The number of thiophene rings is 1. The number of nitrogen functional groups attached to an aromatic ring is 1. The van der Waals surface area contributed by atoms with Gasteiger partial charge in [0.05, 0.1) is 4.88 Å². The normalized spacial score (nSPS) is 10.6. The van der Waals surface area contributed by atoms with Crippen molar-refractivity contribution in [1.29, 1.82) is 0 Å². The standard InChI is InChI=1S/C11H9N5S/c12-11-10(14-16-15-11)9-4-3-8(17-9)7-2-1-5-13-6-7/h1-6H,(H3,12,14,15,16). The van der Waals surface area contributed by atoms with Crippen LogP contribution in [0.3, 0.4) is 0 Å². The Morgan fingerprint density at radius 2 is 2.00 bits per heavy atom. The molecule has 0 aromatic carbocycles. The number of anilines is 1. The minimum absolute atomic E-state index is 0.421. The Balaban J connectivity index is 2.02. The molecule has 0 saturated heterocycles. The molecule has 3 N–H and O–H groups in total. The molecular formula is C11H9N5S. The van der Waals surface area contributed by atoms with Crippen molar-refractivity contribution in [3.8, 4) is 21.0 Å². The molecule has 0 radical (unpaired) electrons. The van der Waals surface area contributed by atoms with Gasteiger partial charge in [0.2, 0.25) is 0 Å². The molecule has 3 rings (SSSR count). The number of nitrogens with zero attached hydrogens (tertiary/aromatic N) is 3. The van der Waals surface area contributed by atoms with Crippen molar-refractivity contribution in [2.24, 2.45) is 0 Å². The molecule has 0 spiro atoms. The molecule has 0 unspecified atom stereocenters. The maximum absolute atomic E-state index is 5.71. The summed E-state index contributed by atoms with van der Waals surface area (Å²) in [6, 6.07) is 7.96. The lowest BCUT2D eigenvalue weighted by atomic mass is 10.2. The summed E-state index contributed by atoms with van der Waals surface area (Å²) in [6.45, 7) is 0. The molecule has 3 aromatic rings. The third-order valence-electron chi connectivity index (χ3n) is 2.36. The lowest BCUT2D eigenvalue weighted by Gasteiger charge is -1.94. The van der Waals surface area contributed by atoms with Crippen LogP contribution in [0, 0.1) is 0 Å². The van der Waals surface area contributed by atoms with Crippen molar-refractivity contribution < 1.29 is 0 Å². The molecule has 0 amide bonds. The first-order valence-electron chi connectivity index (χ1n) is 5.01. The number of hydrogen-bond acceptors (Lipinski definition) is 5. The quantitative estimate of drug-likeness (QED) is 0.722. The van der Waals surface area contributed by atoms with Crippen LogP contribution in [0.4, 0.5) is 5.82 Å². The number of aromatic amines is 1. The molecule has 0 aliphatic rings. The van der Waals surface area contributed by atoms with E-state index in [0.717, 1.165) is 15.3 Å². The first-order valence-corrected chi connectivity index (χ1v) is 5.83. The second kappa shape index (κ2) is 3.99. The number of nitrogens with two attached hydrogens (primary N) is 1. The van der Waals surface area contributed by atoms with Crippen LogP contribution in [0.2, 0.25) is 0 Å². The fourth-order valence-corrected chi connectivity index (χ4v) is 2.54. The predicted molar refractivity (Wildman–Crippen MR) is 67.3 cm³/mol. The molecular weight excluding hydrogens is 234 g/mol. The highest BCUT2D eigenvalue weighted by atomic mass is 32.1. The maximum Gasteiger partial charge on any atom is 0.174 e. The molecule has 3 aromatic heterocycles. The van der Waals surface area contributed by atoms with E-state index in [9.17, 15) is 0 Å². The first kappa shape index (κ1) is 9.98. The Labute approximate surface area is 101 Å². The summed E-state index contributed by atoms with van der Waals surface area (Å²) in [4.78, 5) is 6.23. The number of H-pyrrole nitrogens is 1. The van der Waals surface area contributed by atoms with Gasteiger partial charge < -0.3 is 5.73 Å². The van der Waals surface area contributed by atoms with Gasteiger partial charge in [0.1, 0.15) is 5.69 Å². The summed E-state index contributed by atoms with van der Waals surface area (Å²) in [7, 11) is 0. The van der Waals surface area contributed by atoms with Gasteiger partial charge in [-0.25, -0.2) is 0 Å². The van der Waals surface area contributed by atoms with Gasteiger partial charge in [-0.15, -0.1) is 16.4 Å². The SMILES string of the molecule is Nc1n[nH]nc1-c1ccc(-c2cccnc2)s1. The number of rotatable bonds is 2. The van der Waals surface area contributed by atoms with Crippen LogP contribution in [-0.2, 0) is 0 Å². The van der Waals surface area contributed by atoms with E-state index in [0.29, 0.717) is 11.5 Å². The van der Waals surface area contributed by atoms with Crippen LogP contribution in [0.25, 0.3) is 21.0 Å². The average Bonchev–Trinajstić information content (AvgIpc) is 2.98. The predicted octanol–water partition coefficient (Wildman–Crippen LogP) is 2.18. The highest BCUT2D eigenvalue weighted by Gasteiger charge is 2.10. The van der Waals surface area contributed by atoms with Crippen LogP contribution < -0.4 is 5.73 Å². The van der Waals surface area contributed by atoms with Gasteiger partial charge in [-0.05, 0) is 18.2 Å². The Kier molecular flexibility index (Phi) is 2.34. The number of pyridine rings is 1. The first-order chi connectivity index (χ1) is 8.34. The van der Waals surface area contributed by atoms with Gasteiger partial charge >= 0.3 is 0 Å². The average molecular weight is 243 g/mol. The van der Waals surface area contributed by atoms with Gasteiger partial charge in [-0.1, -0.05) is 6.07 Å². The highest BCUT2D eigenvalue weighted by Crippen LogP contribution is 2.34. The molecule has 0 aliphatic heterocycles. The highest BCUT2D eigenvalue weighted by molar-refractivity contribution is 7.18. The van der Waals surface area contributed by atoms with E-state index in [2.05, 4.69) is 20.4 Å². The van der Waals surface area contributed by atoms with E-state index < -0.39 is 0 Å². The van der Waals surface area contributed by atoms with Crippen LogP contribution in [-0.4, -0.2) is 20.4 Å². The van der Waals surface area contributed by atoms with Crippen LogP contribution in [0.5, 0.6) is 0 Å². The van der Waals surface area contributed by atoms with Crippen LogP contribution >= 0.6 is 11.3 Å². The smallest absolute Gasteiger partial charge is 0.174 e. The third kappa shape index (κ3) is 1.78. The zero-order valence-corrected chi connectivity index (χ0v) is 9.61. The van der Waals surface area contributed by atoms with E-state index in [-0.39, 0.29) is 0 Å². The molecule has 84 valence electrons. The topological polar surface area (TPSA) is 80.5 Å². The molecule has 3 heterocycles. The minimum Gasteiger partial charge on any atom is -0.380 e. The second-order valence-electron chi connectivity index (χ2n) is 3.46. The molecule has 0 fully saturated rings. The van der Waals surface area contributed by atoms with Gasteiger partial charge in [0, 0.05) is 22.8 Å². The van der Waals surface area contributed by atoms with Crippen molar-refractivity contribution >= 4 is 17.2 Å². The van der Waals surface area contributed by atoms with Crippen molar-refractivity contribution in [2.45, 2.75) is 0 Å². The van der Waals surface area contributed by atoms with Gasteiger partial charge in [0.25, 0.3) is 0 Å². The summed E-state index contributed by atoms with van der Waals surface area (Å²) in [5.41, 5.74) is 7.50. The Morgan fingerprint density at radius 1 is 1.12 bits per heavy atom. The molecule has 0 bridgehead atoms. The van der Waals surface area contributed by atoms with Crippen molar-refractivity contribution in [2.75, 3.05) is 5.73 Å². The van der Waals surface area contributed by atoms with Crippen molar-refractivity contribution in [3.05, 3.63) is 36.7 Å². The van der Waals surface area contributed by atoms with E-state index in [1.807, 2.05) is 30.5 Å². The summed E-state index contributed by atoms with van der Waals surface area (Å²) in [5, 5.41) is 10.4. The molecule has 6 heteroatoms. The molecule has 17 heavy (non-hydrogen) atoms. The van der Waals surface area contributed by atoms with Gasteiger partial charge in [0.15, 0.2) is 5.82 Å². The number of hydrogen-bond donors (Lipinski definition) is 2. The number of nitrogens with one attached hydrogen (secondary N) is 1. The zero-order chi connectivity index (χ0) is 11.7. The fourth-order valence-electron chi connectivity index (χ4n) is 1.55. The van der Waals surface area contributed by atoms with E-state index >= 15 is 0 Å². The Morgan fingerprint density at radius 3 is 2.71 bits per heavy atom. The molecule has 0 atom stereocenters. The lowest BCUT2D eigenvalue weighted by Crippen LogP contribution is -1.86. The Hall–Kier alpha value is -2.21. The van der Waals surface area contributed by atoms with Crippen LogP contribution in [0.15, 0.2) is 36.7 Å². The maximum atomic E-state index is 5.71. The second-order valence-corrected chi connectivity index (χ2v) is 4.55. The largest absolute Gasteiger partial charge is 0.380 e. The van der Waals surface area contributed by atoms with Crippen molar-refractivity contribution in [1.82, 2.24) is 20.4 Å². The van der Waals surface area contributed by atoms with Crippen molar-refractivity contribution in [3.63, 3.8) is 0 Å². The number of aromatic nitrogens is 4. The van der Waals surface area contributed by atoms with Crippen LogP contribution in [0.1, 0.15) is 0 Å². The summed E-state index contributed by atoms with van der Waals surface area (Å²) >= 11 is 1.62. The summed E-state index contributed by atoms with van der Waals surface area (Å²) < 4.78 is 0. The molecule has 5 nitrogen and oxygen atoms in total. The van der Waals surface area contributed by atoms with Gasteiger partial charge in [-0.3, -0.25) is 4.98 Å². The fraction of sp³-hybridized carbons (Fsp3) is 0. The zero-order valence-electron chi connectivity index (χ0n) is 8.79. The van der Waals surface area contributed by atoms with E-state index in [4.69, 9.17) is 5.73 Å². The van der Waals surface area contributed by atoms with E-state index in [1.54, 1.807) is 17.5 Å². The lowest BCUT2D eigenvalue weighted by molar-refractivity contribution is 0.946.